The fourth-order valence-corrected chi connectivity index (χ4v) is 9.93. The molecular weight excluding hydrogens is 699 g/mol. The zero-order valence-corrected chi connectivity index (χ0v) is 30.4. The summed E-state index contributed by atoms with van der Waals surface area (Å²) in [7, 11) is 0. The molecule has 4 aromatic heterocycles. The Morgan fingerprint density at radius 2 is 0.702 bits per heavy atom. The summed E-state index contributed by atoms with van der Waals surface area (Å²) in [6.07, 6.45) is 0. The van der Waals surface area contributed by atoms with Crippen LogP contribution in [0.2, 0.25) is 0 Å². The van der Waals surface area contributed by atoms with Crippen LogP contribution in [-0.4, -0.2) is 13.5 Å². The molecule has 57 heavy (non-hydrogen) atoms. The van der Waals surface area contributed by atoms with Gasteiger partial charge in [-0.15, -0.1) is 0 Å². The Hall–Kier alpha value is -7.76. The molecule has 5 heteroatoms. The zero-order chi connectivity index (χ0) is 37.5. The molecule has 0 atom stereocenters. The van der Waals surface area contributed by atoms with E-state index in [9.17, 15) is 9.59 Å². The Kier molecular flexibility index (Phi) is 5.86. The van der Waals surface area contributed by atoms with Gasteiger partial charge < -0.3 is 13.5 Å². The molecule has 0 N–H and O–H groups in total. The van der Waals surface area contributed by atoms with Gasteiger partial charge >= 0.3 is 0 Å². The summed E-state index contributed by atoms with van der Waals surface area (Å²) in [6.45, 7) is 0. The third-order valence-corrected chi connectivity index (χ3v) is 12.3. The van der Waals surface area contributed by atoms with Crippen LogP contribution < -0.4 is 10.9 Å². The Morgan fingerprint density at radius 3 is 1.19 bits per heavy atom. The molecule has 0 spiro atoms. The van der Waals surface area contributed by atoms with Crippen molar-refractivity contribution in [3.63, 3.8) is 0 Å². The topological polar surface area (TPSA) is 48.4 Å². The van der Waals surface area contributed by atoms with Gasteiger partial charge in [0.25, 0.3) is 0 Å². The molecule has 0 saturated heterocycles. The minimum Gasteiger partial charge on any atom is -0.309 e. The molecule has 0 aliphatic heterocycles. The Labute approximate surface area is 323 Å². The third kappa shape index (κ3) is 3.92. The smallest absolute Gasteiger partial charge is 0.197 e. The van der Waals surface area contributed by atoms with Crippen molar-refractivity contribution in [1.82, 2.24) is 13.5 Å². The SMILES string of the molecule is O=c1c2cc(-n3c4ccccc4c4c5ccccc5ccc43)ccc2n2c3ccc(-n4c5ccccc5c5c6ccccc6ccc54)cc3c(=O)c3cccc1c32. The highest BCUT2D eigenvalue weighted by molar-refractivity contribution is 6.22. The van der Waals surface area contributed by atoms with Crippen LogP contribution in [0, 0.1) is 0 Å². The molecule has 4 heterocycles. The number of benzene rings is 9. The number of hydrogen-bond acceptors (Lipinski definition) is 2. The lowest BCUT2D eigenvalue weighted by molar-refractivity contribution is 1.18. The lowest BCUT2D eigenvalue weighted by Gasteiger charge is -2.17. The number of nitrogens with zero attached hydrogens (tertiary/aromatic N) is 3. The molecule has 0 amide bonds. The molecule has 0 bridgehead atoms. The van der Waals surface area contributed by atoms with E-state index in [-0.39, 0.29) is 10.9 Å². The first-order chi connectivity index (χ1) is 28.1. The van der Waals surface area contributed by atoms with Gasteiger partial charge in [0.1, 0.15) is 0 Å². The molecule has 0 aliphatic rings. The summed E-state index contributed by atoms with van der Waals surface area (Å²) in [5.74, 6) is 0. The van der Waals surface area contributed by atoms with Gasteiger partial charge in [-0.3, -0.25) is 9.59 Å². The van der Waals surface area contributed by atoms with E-state index in [1.54, 1.807) is 0 Å². The quantitative estimate of drug-likeness (QED) is 0.131. The Balaban J connectivity index is 1.11. The van der Waals surface area contributed by atoms with Crippen molar-refractivity contribution in [2.45, 2.75) is 0 Å². The van der Waals surface area contributed by atoms with Gasteiger partial charge in [0.15, 0.2) is 10.9 Å². The first-order valence-electron chi connectivity index (χ1n) is 19.3. The zero-order valence-electron chi connectivity index (χ0n) is 30.4. The monoisotopic (exact) mass is 727 g/mol. The van der Waals surface area contributed by atoms with E-state index in [4.69, 9.17) is 0 Å². The fraction of sp³-hybridized carbons (Fsp3) is 0. The van der Waals surface area contributed by atoms with Crippen LogP contribution in [0.15, 0.2) is 186 Å². The molecule has 0 saturated carbocycles. The van der Waals surface area contributed by atoms with E-state index in [1.165, 1.54) is 43.1 Å². The highest BCUT2D eigenvalue weighted by atomic mass is 16.1. The molecular formula is C52H29N3O2. The van der Waals surface area contributed by atoms with E-state index < -0.39 is 0 Å². The maximum Gasteiger partial charge on any atom is 0.197 e. The molecule has 13 rings (SSSR count). The summed E-state index contributed by atoms with van der Waals surface area (Å²) < 4.78 is 6.67. The molecule has 264 valence electrons. The maximum atomic E-state index is 14.6. The summed E-state index contributed by atoms with van der Waals surface area (Å²) in [6, 6.07) is 60.6. The Morgan fingerprint density at radius 1 is 0.298 bits per heavy atom. The predicted octanol–water partition coefficient (Wildman–Crippen LogP) is 12.1. The second-order valence-corrected chi connectivity index (χ2v) is 15.2. The van der Waals surface area contributed by atoms with E-state index in [2.05, 4.69) is 159 Å². The molecule has 0 radical (unpaired) electrons. The third-order valence-electron chi connectivity index (χ3n) is 12.3. The largest absolute Gasteiger partial charge is 0.309 e. The number of rotatable bonds is 2. The van der Waals surface area contributed by atoms with E-state index >= 15 is 0 Å². The number of fused-ring (bicyclic) bond motifs is 14. The van der Waals surface area contributed by atoms with Crippen molar-refractivity contribution in [3.8, 4) is 11.4 Å². The fourth-order valence-electron chi connectivity index (χ4n) is 9.93. The second-order valence-electron chi connectivity index (χ2n) is 15.2. The lowest BCUT2D eigenvalue weighted by atomic mass is 10.0. The van der Waals surface area contributed by atoms with E-state index in [0.717, 1.165) is 44.5 Å². The van der Waals surface area contributed by atoms with E-state index in [1.807, 2.05) is 30.3 Å². The number of aromatic nitrogens is 3. The van der Waals surface area contributed by atoms with Crippen molar-refractivity contribution in [3.05, 3.63) is 196 Å². The summed E-state index contributed by atoms with van der Waals surface area (Å²) in [5.41, 5.74) is 8.15. The first kappa shape index (κ1) is 30.6. The van der Waals surface area contributed by atoms with Gasteiger partial charge in [-0.25, -0.2) is 0 Å². The van der Waals surface area contributed by atoms with Crippen LogP contribution in [0.4, 0.5) is 0 Å². The first-order valence-corrected chi connectivity index (χ1v) is 19.3. The molecule has 13 aromatic rings. The van der Waals surface area contributed by atoms with Crippen molar-refractivity contribution < 1.29 is 0 Å². The lowest BCUT2D eigenvalue weighted by Crippen LogP contribution is -2.14. The van der Waals surface area contributed by atoms with Gasteiger partial charge in [-0.1, -0.05) is 103 Å². The maximum absolute atomic E-state index is 14.6. The molecule has 9 aromatic carbocycles. The van der Waals surface area contributed by atoms with Crippen molar-refractivity contribution >= 4 is 103 Å². The summed E-state index contributed by atoms with van der Waals surface area (Å²) in [5, 5.41) is 11.8. The number of pyridine rings is 2. The highest BCUT2D eigenvalue weighted by Crippen LogP contribution is 2.39. The van der Waals surface area contributed by atoms with Gasteiger partial charge in [0.2, 0.25) is 0 Å². The van der Waals surface area contributed by atoms with Crippen molar-refractivity contribution in [2.24, 2.45) is 0 Å². The van der Waals surface area contributed by atoms with Crippen LogP contribution in [0.3, 0.4) is 0 Å². The van der Waals surface area contributed by atoms with Crippen LogP contribution in [0.5, 0.6) is 0 Å². The van der Waals surface area contributed by atoms with Gasteiger partial charge in [0, 0.05) is 54.5 Å². The van der Waals surface area contributed by atoms with Crippen LogP contribution in [-0.2, 0) is 0 Å². The molecule has 5 nitrogen and oxygen atoms in total. The second kappa shape index (κ2) is 10.9. The normalized spacial score (nSPS) is 12.4. The van der Waals surface area contributed by atoms with Crippen LogP contribution >= 0.6 is 0 Å². The highest BCUT2D eigenvalue weighted by Gasteiger charge is 2.21. The van der Waals surface area contributed by atoms with E-state index in [0.29, 0.717) is 27.1 Å². The van der Waals surface area contributed by atoms with Gasteiger partial charge in [0.05, 0.1) is 38.6 Å². The van der Waals surface area contributed by atoms with Crippen LogP contribution in [0.25, 0.3) is 115 Å². The molecule has 0 unspecified atom stereocenters. The average molecular weight is 728 g/mol. The summed E-state index contributed by atoms with van der Waals surface area (Å²) >= 11 is 0. The van der Waals surface area contributed by atoms with Gasteiger partial charge in [-0.05, 0) is 94.3 Å². The minimum atomic E-state index is -0.0865. The van der Waals surface area contributed by atoms with Gasteiger partial charge in [-0.2, -0.15) is 0 Å². The van der Waals surface area contributed by atoms with Crippen molar-refractivity contribution in [1.29, 1.82) is 0 Å². The minimum absolute atomic E-state index is 0.0865. The van der Waals surface area contributed by atoms with Crippen LogP contribution in [0.1, 0.15) is 0 Å². The standard InChI is InChI=1S/C52H29N3O2/c56-51-38-16-9-17-39-50(38)55(44-26-22-32(28-40(44)51)53-42-18-7-5-14-36(42)48-34-12-3-1-10-30(34)20-24-46(48)53)45-27-23-33(29-41(45)52(39)57)54-43-19-8-6-15-37(43)49-35-13-4-2-11-31(35)21-25-47(49)54/h1-29H. The average Bonchev–Trinajstić information content (AvgIpc) is 3.79. The van der Waals surface area contributed by atoms with Crippen molar-refractivity contribution in [2.75, 3.05) is 0 Å². The molecule has 0 aliphatic carbocycles. The number of hydrogen-bond donors (Lipinski definition) is 0. The summed E-state index contributed by atoms with van der Waals surface area (Å²) in [4.78, 5) is 29.2. The Bertz CT molecular complexity index is 3780. The predicted molar refractivity (Wildman–Crippen MR) is 237 cm³/mol. The molecule has 0 fully saturated rings. The number of para-hydroxylation sites is 3.